The van der Waals surface area contributed by atoms with Crippen LogP contribution in [0.3, 0.4) is 0 Å². The topological polar surface area (TPSA) is 17.1 Å². The van der Waals surface area contributed by atoms with Gasteiger partial charge >= 0.3 is 0 Å². The first-order valence-corrected chi connectivity index (χ1v) is 4.70. The van der Waals surface area contributed by atoms with E-state index in [-0.39, 0.29) is 0 Å². The van der Waals surface area contributed by atoms with Crippen LogP contribution in [0.2, 0.25) is 10.0 Å². The third-order valence-corrected chi connectivity index (χ3v) is 2.37. The van der Waals surface area contributed by atoms with E-state index in [0.717, 1.165) is 6.07 Å². The Morgan fingerprint density at radius 3 is 2.36 bits per heavy atom. The summed E-state index contributed by atoms with van der Waals surface area (Å²) >= 11 is 15.8. The highest BCUT2D eigenvalue weighted by atomic mass is 35.5. The van der Waals surface area contributed by atoms with Crippen LogP contribution in [0, 0.1) is 11.6 Å². The number of carbonyl (C=O) groups is 1. The predicted octanol–water partition coefficient (Wildman–Crippen LogP) is 3.69. The Morgan fingerprint density at radius 1 is 1.29 bits per heavy atom. The van der Waals surface area contributed by atoms with Gasteiger partial charge in [0.2, 0.25) is 0 Å². The van der Waals surface area contributed by atoms with Gasteiger partial charge in [0.25, 0.3) is 0 Å². The lowest BCUT2D eigenvalue weighted by Gasteiger charge is -2.04. The number of halogens is 5. The summed E-state index contributed by atoms with van der Waals surface area (Å²) in [5.41, 5.74) is -0.406. The quantitative estimate of drug-likeness (QED) is 0.343. The molecular weight excluding hydrogens is 256 g/mol. The van der Waals surface area contributed by atoms with Crippen LogP contribution in [0.5, 0.6) is 0 Å². The molecule has 0 aliphatic carbocycles. The molecule has 0 aromatic heterocycles. The highest BCUT2D eigenvalue weighted by Crippen LogP contribution is 2.28. The number of alkyl halides is 1. The lowest BCUT2D eigenvalue weighted by molar-refractivity contribution is 0.101. The van der Waals surface area contributed by atoms with E-state index >= 15 is 0 Å². The average molecular weight is 259 g/mol. The maximum Gasteiger partial charge on any atom is 0.180 e. The van der Waals surface area contributed by atoms with Gasteiger partial charge in [0.15, 0.2) is 17.4 Å². The summed E-state index contributed by atoms with van der Waals surface area (Å²) in [5.74, 6) is -3.35. The van der Waals surface area contributed by atoms with Gasteiger partial charge in [-0.05, 0) is 6.07 Å². The zero-order chi connectivity index (χ0) is 10.9. The number of ketones is 1. The highest BCUT2D eigenvalue weighted by molar-refractivity contribution is 6.36. The fourth-order valence-electron chi connectivity index (χ4n) is 0.848. The molecule has 0 saturated carbocycles. The SMILES string of the molecule is O=C(CCl)c1cc(Cl)c(F)c(Cl)c1F. The first-order valence-electron chi connectivity index (χ1n) is 3.41. The predicted molar refractivity (Wildman–Crippen MR) is 51.4 cm³/mol. The van der Waals surface area contributed by atoms with E-state index < -0.39 is 38.9 Å². The molecule has 0 saturated heterocycles. The minimum absolute atomic E-state index is 0.406. The number of Topliss-reactive ketones (excluding diaryl/α,β-unsaturated/α-hetero) is 1. The van der Waals surface area contributed by atoms with Crippen molar-refractivity contribution in [3.8, 4) is 0 Å². The van der Waals surface area contributed by atoms with E-state index in [1.807, 2.05) is 0 Å². The fraction of sp³-hybridized carbons (Fsp3) is 0.125. The van der Waals surface area contributed by atoms with Crippen molar-refractivity contribution < 1.29 is 13.6 Å². The second-order valence-electron chi connectivity index (χ2n) is 2.40. The summed E-state index contributed by atoms with van der Waals surface area (Å²) in [6.07, 6.45) is 0. The Hall–Kier alpha value is -0.380. The summed E-state index contributed by atoms with van der Waals surface area (Å²) in [5, 5.41) is -1.21. The third kappa shape index (κ3) is 2.00. The van der Waals surface area contributed by atoms with Crippen molar-refractivity contribution in [3.63, 3.8) is 0 Å². The van der Waals surface area contributed by atoms with Crippen LogP contribution in [0.1, 0.15) is 10.4 Å². The van der Waals surface area contributed by atoms with Gasteiger partial charge in [-0.15, -0.1) is 11.6 Å². The normalized spacial score (nSPS) is 10.4. The molecule has 1 rings (SSSR count). The Kier molecular flexibility index (Phi) is 3.70. The zero-order valence-corrected chi connectivity index (χ0v) is 8.85. The van der Waals surface area contributed by atoms with Crippen molar-refractivity contribution in [1.82, 2.24) is 0 Å². The van der Waals surface area contributed by atoms with Crippen LogP contribution in [-0.2, 0) is 0 Å². The lowest BCUT2D eigenvalue weighted by atomic mass is 10.1. The van der Waals surface area contributed by atoms with Crippen LogP contribution in [0.4, 0.5) is 8.78 Å². The molecule has 0 unspecified atom stereocenters. The van der Waals surface area contributed by atoms with Gasteiger partial charge in [-0.25, -0.2) is 8.78 Å². The van der Waals surface area contributed by atoms with Gasteiger partial charge in [0.1, 0.15) is 5.02 Å². The molecule has 0 radical (unpaired) electrons. The molecule has 0 aliphatic rings. The standard InChI is InChI=1S/C8H3Cl3F2O/c9-2-5(14)3-1-4(10)8(13)6(11)7(3)12/h1H,2H2. The van der Waals surface area contributed by atoms with Gasteiger partial charge in [-0.1, -0.05) is 23.2 Å². The summed E-state index contributed by atoms with van der Waals surface area (Å²) in [4.78, 5) is 11.0. The molecule has 0 amide bonds. The van der Waals surface area contributed by atoms with Crippen molar-refractivity contribution in [2.75, 3.05) is 5.88 Å². The van der Waals surface area contributed by atoms with Gasteiger partial charge in [-0.3, -0.25) is 4.79 Å². The van der Waals surface area contributed by atoms with Crippen LogP contribution in [-0.4, -0.2) is 11.7 Å². The van der Waals surface area contributed by atoms with E-state index in [1.54, 1.807) is 0 Å². The third-order valence-electron chi connectivity index (χ3n) is 1.52. The van der Waals surface area contributed by atoms with Crippen molar-refractivity contribution in [2.24, 2.45) is 0 Å². The molecule has 0 fully saturated rings. The zero-order valence-electron chi connectivity index (χ0n) is 6.58. The van der Waals surface area contributed by atoms with Crippen LogP contribution in [0.25, 0.3) is 0 Å². The van der Waals surface area contributed by atoms with Gasteiger partial charge in [0, 0.05) is 0 Å². The minimum atomic E-state index is -1.14. The summed E-state index contributed by atoms with van der Waals surface area (Å²) in [6.45, 7) is 0. The first-order chi connectivity index (χ1) is 6.49. The second-order valence-corrected chi connectivity index (χ2v) is 3.46. The van der Waals surface area contributed by atoms with Gasteiger partial charge in [-0.2, -0.15) is 0 Å². The Labute approximate surface area is 93.6 Å². The molecule has 14 heavy (non-hydrogen) atoms. The molecule has 0 bridgehead atoms. The van der Waals surface area contributed by atoms with E-state index in [4.69, 9.17) is 34.8 Å². The van der Waals surface area contributed by atoms with Crippen molar-refractivity contribution in [2.45, 2.75) is 0 Å². The Morgan fingerprint density at radius 2 is 1.86 bits per heavy atom. The molecule has 6 heteroatoms. The first kappa shape index (κ1) is 11.7. The monoisotopic (exact) mass is 258 g/mol. The number of benzene rings is 1. The average Bonchev–Trinajstić information content (AvgIpc) is 2.19. The Bertz CT molecular complexity index is 393. The molecule has 1 nitrogen and oxygen atoms in total. The van der Waals surface area contributed by atoms with E-state index in [0.29, 0.717) is 0 Å². The van der Waals surface area contributed by atoms with Crippen molar-refractivity contribution >= 4 is 40.6 Å². The molecule has 0 atom stereocenters. The van der Waals surface area contributed by atoms with Crippen LogP contribution in [0.15, 0.2) is 6.07 Å². The van der Waals surface area contributed by atoms with E-state index in [9.17, 15) is 13.6 Å². The van der Waals surface area contributed by atoms with Gasteiger partial charge in [0.05, 0.1) is 16.5 Å². The molecule has 0 N–H and O–H groups in total. The van der Waals surface area contributed by atoms with Gasteiger partial charge < -0.3 is 0 Å². The van der Waals surface area contributed by atoms with Crippen molar-refractivity contribution in [3.05, 3.63) is 33.3 Å². The molecule has 1 aromatic carbocycles. The number of rotatable bonds is 2. The highest BCUT2D eigenvalue weighted by Gasteiger charge is 2.19. The molecule has 0 heterocycles. The number of carbonyl (C=O) groups excluding carboxylic acids is 1. The maximum absolute atomic E-state index is 13.2. The van der Waals surface area contributed by atoms with Crippen LogP contribution < -0.4 is 0 Å². The molecule has 0 aliphatic heterocycles. The second kappa shape index (κ2) is 4.43. The summed E-state index contributed by atoms with van der Waals surface area (Å²) in [7, 11) is 0. The largest absolute Gasteiger partial charge is 0.293 e. The van der Waals surface area contributed by atoms with E-state index in [2.05, 4.69) is 0 Å². The molecule has 0 spiro atoms. The van der Waals surface area contributed by atoms with Crippen LogP contribution >= 0.6 is 34.8 Å². The van der Waals surface area contributed by atoms with E-state index in [1.165, 1.54) is 0 Å². The fourth-order valence-corrected chi connectivity index (χ4v) is 1.45. The summed E-state index contributed by atoms with van der Waals surface area (Å²) in [6, 6.07) is 0.864. The minimum Gasteiger partial charge on any atom is -0.293 e. The van der Waals surface area contributed by atoms with Crippen molar-refractivity contribution in [1.29, 1.82) is 0 Å². The summed E-state index contributed by atoms with van der Waals surface area (Å²) < 4.78 is 26.1. The number of hydrogen-bond donors (Lipinski definition) is 0. The molecular formula is C8H3Cl3F2O. The molecule has 76 valence electrons. The lowest BCUT2D eigenvalue weighted by Crippen LogP contribution is -2.05. The molecule has 1 aromatic rings. The maximum atomic E-state index is 13.2. The number of hydrogen-bond acceptors (Lipinski definition) is 1. The Balaban J connectivity index is 3.40. The smallest absolute Gasteiger partial charge is 0.180 e.